The van der Waals surface area contributed by atoms with E-state index in [2.05, 4.69) is 9.97 Å². The van der Waals surface area contributed by atoms with Crippen LogP contribution in [0.4, 0.5) is 0 Å². The van der Waals surface area contributed by atoms with Gasteiger partial charge in [0.25, 0.3) is 11.5 Å². The van der Waals surface area contributed by atoms with Crippen molar-refractivity contribution in [3.05, 3.63) is 57.8 Å². The van der Waals surface area contributed by atoms with Crippen molar-refractivity contribution in [1.82, 2.24) is 14.9 Å². The van der Waals surface area contributed by atoms with Crippen molar-refractivity contribution in [1.29, 1.82) is 0 Å². The van der Waals surface area contributed by atoms with Crippen LogP contribution in [0, 0.1) is 6.92 Å². The maximum absolute atomic E-state index is 13.0. The molecule has 1 N–H and O–H groups in total. The van der Waals surface area contributed by atoms with Gasteiger partial charge in [0.15, 0.2) is 0 Å². The zero-order valence-electron chi connectivity index (χ0n) is 14.1. The van der Waals surface area contributed by atoms with Gasteiger partial charge in [0.1, 0.15) is 11.6 Å². The van der Waals surface area contributed by atoms with Crippen LogP contribution in [0.25, 0.3) is 0 Å². The number of aromatic amines is 1. The molecule has 6 nitrogen and oxygen atoms in total. The van der Waals surface area contributed by atoms with Gasteiger partial charge in [0.2, 0.25) is 0 Å². The van der Waals surface area contributed by atoms with Crippen molar-refractivity contribution < 1.29 is 9.53 Å². The monoisotopic (exact) mass is 327 g/mol. The molecule has 0 aliphatic carbocycles. The summed E-state index contributed by atoms with van der Waals surface area (Å²) < 4.78 is 5.21. The molecule has 126 valence electrons. The number of rotatable bonds is 3. The number of hydrogen-bond acceptors (Lipinski definition) is 4. The number of amides is 1. The molecule has 1 amide bonds. The molecule has 0 saturated carbocycles. The molecule has 3 rings (SSSR count). The number of nitrogens with zero attached hydrogens (tertiary/aromatic N) is 2. The van der Waals surface area contributed by atoms with Gasteiger partial charge in [-0.2, -0.15) is 0 Å². The van der Waals surface area contributed by atoms with Gasteiger partial charge in [-0.25, -0.2) is 4.98 Å². The van der Waals surface area contributed by atoms with Gasteiger partial charge in [-0.1, -0.05) is 6.07 Å². The summed E-state index contributed by atoms with van der Waals surface area (Å²) in [7, 11) is 1.57. The van der Waals surface area contributed by atoms with Crippen LogP contribution in [0.1, 0.15) is 41.6 Å². The van der Waals surface area contributed by atoms with Gasteiger partial charge in [-0.05, 0) is 44.9 Å². The predicted octanol–water partition coefficient (Wildman–Crippen LogP) is 2.24. The molecule has 0 radical (unpaired) electrons. The number of carbonyl (C=O) groups is 1. The Kier molecular flexibility index (Phi) is 4.13. The molecule has 6 heteroatoms. The molecule has 1 atom stereocenters. The minimum absolute atomic E-state index is 0.0851. The van der Waals surface area contributed by atoms with E-state index in [9.17, 15) is 9.59 Å². The number of ether oxygens (including phenoxy) is 1. The molecule has 1 aromatic heterocycles. The van der Waals surface area contributed by atoms with E-state index in [1.165, 1.54) is 6.07 Å². The molecular formula is C18H21N3O3. The number of aryl methyl sites for hydroxylation is 1. The molecule has 1 aliphatic rings. The maximum Gasteiger partial charge on any atom is 0.254 e. The highest BCUT2D eigenvalue weighted by atomic mass is 16.5. The van der Waals surface area contributed by atoms with Gasteiger partial charge in [0.05, 0.1) is 12.6 Å². The lowest BCUT2D eigenvalue weighted by Gasteiger charge is -2.34. The first-order chi connectivity index (χ1) is 11.4. The summed E-state index contributed by atoms with van der Waals surface area (Å²) in [4.78, 5) is 33.9. The Hall–Kier alpha value is -2.63. The quantitative estimate of drug-likeness (QED) is 0.938. The normalized spacial score (nSPS) is 20.2. The molecule has 0 spiro atoms. The second kappa shape index (κ2) is 6.11. The third-order valence-corrected chi connectivity index (χ3v) is 4.58. The maximum atomic E-state index is 13.0. The van der Waals surface area contributed by atoms with Gasteiger partial charge in [-0.15, -0.1) is 0 Å². The molecule has 24 heavy (non-hydrogen) atoms. The molecule has 1 aromatic carbocycles. The second-order valence-electron chi connectivity index (χ2n) is 6.30. The van der Waals surface area contributed by atoms with Gasteiger partial charge in [-0.3, -0.25) is 9.59 Å². The van der Waals surface area contributed by atoms with E-state index >= 15 is 0 Å². The van der Waals surface area contributed by atoms with Crippen molar-refractivity contribution in [3.63, 3.8) is 0 Å². The molecule has 2 heterocycles. The van der Waals surface area contributed by atoms with E-state index in [-0.39, 0.29) is 11.5 Å². The zero-order chi connectivity index (χ0) is 17.3. The van der Waals surface area contributed by atoms with E-state index in [0.717, 1.165) is 12.8 Å². The highest BCUT2D eigenvalue weighted by Crippen LogP contribution is 2.37. The standard InChI is InChI=1S/C18H21N3O3/c1-12-10-15(22)20-17(19-12)18(2)8-5-9-21(18)16(23)13-6-4-7-14(11-13)24-3/h4,6-7,10-11H,5,8-9H2,1-3H3,(H,19,20,22)/t18-/m1/s1. The lowest BCUT2D eigenvalue weighted by Crippen LogP contribution is -2.44. The van der Waals surface area contributed by atoms with E-state index in [1.54, 1.807) is 43.2 Å². The van der Waals surface area contributed by atoms with Crippen molar-refractivity contribution in [2.75, 3.05) is 13.7 Å². The summed E-state index contributed by atoms with van der Waals surface area (Å²) >= 11 is 0. The molecule has 0 unspecified atom stereocenters. The fraction of sp³-hybridized carbons (Fsp3) is 0.389. The number of likely N-dealkylation sites (tertiary alicyclic amines) is 1. The smallest absolute Gasteiger partial charge is 0.254 e. The number of H-pyrrole nitrogens is 1. The van der Waals surface area contributed by atoms with Gasteiger partial charge in [0, 0.05) is 23.9 Å². The summed E-state index contributed by atoms with van der Waals surface area (Å²) in [6, 6.07) is 8.56. The summed E-state index contributed by atoms with van der Waals surface area (Å²) in [6.07, 6.45) is 1.62. The average molecular weight is 327 g/mol. The Bertz CT molecular complexity index is 830. The van der Waals surface area contributed by atoms with Gasteiger partial charge >= 0.3 is 0 Å². The number of benzene rings is 1. The Labute approximate surface area is 140 Å². The summed E-state index contributed by atoms with van der Waals surface area (Å²) in [5.41, 5.74) is 0.401. The van der Waals surface area contributed by atoms with Crippen molar-refractivity contribution >= 4 is 5.91 Å². The first-order valence-electron chi connectivity index (χ1n) is 7.98. The molecular weight excluding hydrogens is 306 g/mol. The summed E-state index contributed by atoms with van der Waals surface area (Å²) in [5, 5.41) is 0. The Morgan fingerprint density at radius 1 is 1.38 bits per heavy atom. The first-order valence-corrected chi connectivity index (χ1v) is 7.98. The van der Waals surface area contributed by atoms with Crippen LogP contribution in [0.2, 0.25) is 0 Å². The minimum Gasteiger partial charge on any atom is -0.497 e. The molecule has 2 aromatic rings. The van der Waals surface area contributed by atoms with Crippen LogP contribution in [0.15, 0.2) is 35.1 Å². The third kappa shape index (κ3) is 2.79. The second-order valence-corrected chi connectivity index (χ2v) is 6.30. The van der Waals surface area contributed by atoms with Crippen LogP contribution in [-0.2, 0) is 5.54 Å². The minimum atomic E-state index is -0.620. The predicted molar refractivity (Wildman–Crippen MR) is 90.2 cm³/mol. The zero-order valence-corrected chi connectivity index (χ0v) is 14.1. The number of aromatic nitrogens is 2. The van der Waals surface area contributed by atoms with E-state index in [1.807, 2.05) is 6.92 Å². The fourth-order valence-electron chi connectivity index (χ4n) is 3.28. The van der Waals surface area contributed by atoms with Crippen LogP contribution in [0.3, 0.4) is 0 Å². The highest BCUT2D eigenvalue weighted by molar-refractivity contribution is 5.95. The topological polar surface area (TPSA) is 75.3 Å². The van der Waals surface area contributed by atoms with Gasteiger partial charge < -0.3 is 14.6 Å². The lowest BCUT2D eigenvalue weighted by molar-refractivity contribution is 0.0602. The molecule has 0 bridgehead atoms. The highest BCUT2D eigenvalue weighted by Gasteiger charge is 2.43. The Morgan fingerprint density at radius 3 is 2.88 bits per heavy atom. The van der Waals surface area contributed by atoms with Crippen molar-refractivity contribution in [3.8, 4) is 5.75 Å². The Morgan fingerprint density at radius 2 is 2.17 bits per heavy atom. The van der Waals surface area contributed by atoms with Crippen LogP contribution >= 0.6 is 0 Å². The third-order valence-electron chi connectivity index (χ3n) is 4.58. The van der Waals surface area contributed by atoms with Crippen molar-refractivity contribution in [2.45, 2.75) is 32.2 Å². The van der Waals surface area contributed by atoms with Crippen LogP contribution < -0.4 is 10.3 Å². The number of methoxy groups -OCH3 is 1. The molecule has 1 fully saturated rings. The Balaban J connectivity index is 2.00. The molecule has 1 saturated heterocycles. The average Bonchev–Trinajstić information content (AvgIpc) is 2.96. The lowest BCUT2D eigenvalue weighted by atomic mass is 9.96. The van der Waals surface area contributed by atoms with E-state index < -0.39 is 5.54 Å². The van der Waals surface area contributed by atoms with Crippen LogP contribution in [0.5, 0.6) is 5.75 Å². The molecule has 1 aliphatic heterocycles. The van der Waals surface area contributed by atoms with E-state index in [4.69, 9.17) is 4.74 Å². The number of hydrogen-bond donors (Lipinski definition) is 1. The SMILES string of the molecule is COc1cccc(C(=O)N2CCC[C@]2(C)c2nc(C)cc(=O)[nH]2)c1. The first kappa shape index (κ1) is 16.2. The number of nitrogens with one attached hydrogen (secondary N) is 1. The van der Waals surface area contributed by atoms with Crippen LogP contribution in [-0.4, -0.2) is 34.4 Å². The van der Waals surface area contributed by atoms with E-state index in [0.29, 0.717) is 29.4 Å². The largest absolute Gasteiger partial charge is 0.497 e. The van der Waals surface area contributed by atoms with Crippen molar-refractivity contribution in [2.24, 2.45) is 0 Å². The summed E-state index contributed by atoms with van der Waals surface area (Å²) in [5.74, 6) is 1.10. The fourth-order valence-corrected chi connectivity index (χ4v) is 3.28. The summed E-state index contributed by atoms with van der Waals surface area (Å²) in [6.45, 7) is 4.37. The number of carbonyl (C=O) groups excluding carboxylic acids is 1.